The van der Waals surface area contributed by atoms with Crippen molar-refractivity contribution in [3.63, 3.8) is 0 Å². The van der Waals surface area contributed by atoms with Crippen molar-refractivity contribution in [1.82, 2.24) is 0 Å². The minimum Gasteiger partial charge on any atom is -0.269 e. The summed E-state index contributed by atoms with van der Waals surface area (Å²) in [4.78, 5) is 0.267. The second-order valence-corrected chi connectivity index (χ2v) is 8.63. The maximum atomic E-state index is 12.7. The van der Waals surface area contributed by atoms with E-state index in [2.05, 4.69) is 20.8 Å². The van der Waals surface area contributed by atoms with Crippen LogP contribution in [0.1, 0.15) is 26.3 Å². The number of rotatable bonds is 3. The molecule has 3 nitrogen and oxygen atoms in total. The summed E-state index contributed by atoms with van der Waals surface area (Å²) < 4.78 is 26.6. The van der Waals surface area contributed by atoms with Crippen LogP contribution in [0.2, 0.25) is 5.02 Å². The molecule has 0 fully saturated rings. The van der Waals surface area contributed by atoms with Crippen LogP contribution in [0, 0.1) is 0 Å². The van der Waals surface area contributed by atoms with E-state index >= 15 is 0 Å². The summed E-state index contributed by atoms with van der Waals surface area (Å²) >= 11 is 5.93. The molecule has 0 aliphatic carbocycles. The second-order valence-electron chi connectivity index (χ2n) is 6.23. The maximum absolute atomic E-state index is 12.7. The van der Waals surface area contributed by atoms with Crippen molar-refractivity contribution in [2.24, 2.45) is 0 Å². The van der Waals surface area contributed by atoms with E-state index in [0.29, 0.717) is 10.7 Å². The van der Waals surface area contributed by atoms with E-state index in [1.165, 1.54) is 11.4 Å². The van der Waals surface area contributed by atoms with Crippen LogP contribution in [-0.4, -0.2) is 15.5 Å². The molecule has 2 aromatic carbocycles. The van der Waals surface area contributed by atoms with Gasteiger partial charge in [-0.2, -0.15) is 0 Å². The highest BCUT2D eigenvalue weighted by molar-refractivity contribution is 7.92. The molecule has 2 aromatic rings. The number of anilines is 1. The van der Waals surface area contributed by atoms with Crippen LogP contribution < -0.4 is 4.31 Å². The van der Waals surface area contributed by atoms with Crippen LogP contribution in [0.5, 0.6) is 0 Å². The molecule has 0 saturated carbocycles. The summed E-state index contributed by atoms with van der Waals surface area (Å²) in [5.41, 5.74) is 1.62. The molecule has 0 aliphatic rings. The maximum Gasteiger partial charge on any atom is 0.264 e. The average molecular weight is 338 g/mol. The lowest BCUT2D eigenvalue weighted by Gasteiger charge is -2.22. The first-order valence-electron chi connectivity index (χ1n) is 6.97. The molecule has 0 aliphatic heterocycles. The largest absolute Gasteiger partial charge is 0.269 e. The topological polar surface area (TPSA) is 37.4 Å². The van der Waals surface area contributed by atoms with Crippen LogP contribution in [0.15, 0.2) is 53.4 Å². The van der Waals surface area contributed by atoms with Gasteiger partial charge in [0, 0.05) is 12.1 Å². The van der Waals surface area contributed by atoms with E-state index < -0.39 is 10.0 Å². The van der Waals surface area contributed by atoms with Crippen LogP contribution in [-0.2, 0) is 15.4 Å². The molecule has 0 N–H and O–H groups in total. The number of hydrogen-bond acceptors (Lipinski definition) is 2. The van der Waals surface area contributed by atoms with E-state index in [1.54, 1.807) is 36.4 Å². The summed E-state index contributed by atoms with van der Waals surface area (Å²) in [5.74, 6) is 0. The zero-order valence-corrected chi connectivity index (χ0v) is 14.7. The Hall–Kier alpha value is -1.52. The van der Waals surface area contributed by atoms with Gasteiger partial charge in [-0.3, -0.25) is 4.31 Å². The van der Waals surface area contributed by atoms with E-state index in [0.717, 1.165) is 5.56 Å². The summed E-state index contributed by atoms with van der Waals surface area (Å²) in [7, 11) is -2.07. The van der Waals surface area contributed by atoms with Gasteiger partial charge in [0.15, 0.2) is 0 Å². The van der Waals surface area contributed by atoms with Crippen LogP contribution in [0.4, 0.5) is 5.69 Å². The lowest BCUT2D eigenvalue weighted by molar-refractivity contribution is 0.586. The van der Waals surface area contributed by atoms with Gasteiger partial charge in [-0.15, -0.1) is 0 Å². The van der Waals surface area contributed by atoms with Gasteiger partial charge >= 0.3 is 0 Å². The van der Waals surface area contributed by atoms with Gasteiger partial charge in [-0.1, -0.05) is 50.6 Å². The molecule has 22 heavy (non-hydrogen) atoms. The molecule has 0 bridgehead atoms. The highest BCUT2D eigenvalue weighted by atomic mass is 35.5. The summed E-state index contributed by atoms with van der Waals surface area (Å²) in [5, 5.41) is 0.502. The van der Waals surface area contributed by atoms with Crippen molar-refractivity contribution in [1.29, 1.82) is 0 Å². The minimum atomic E-state index is -3.60. The van der Waals surface area contributed by atoms with Crippen LogP contribution in [0.3, 0.4) is 0 Å². The standard InChI is InChI=1S/C17H20ClNO2S/c1-17(2,3)13-8-10-16(11-9-13)22(20,21)19(4)15-7-5-6-14(18)12-15/h5-12H,1-4H3. The Morgan fingerprint density at radius 3 is 2.09 bits per heavy atom. The lowest BCUT2D eigenvalue weighted by atomic mass is 9.87. The molecule has 0 radical (unpaired) electrons. The Labute approximate surface area is 137 Å². The molecule has 0 amide bonds. The van der Waals surface area contributed by atoms with Gasteiger partial charge in [0.1, 0.15) is 0 Å². The van der Waals surface area contributed by atoms with Crippen molar-refractivity contribution in [3.8, 4) is 0 Å². The highest BCUT2D eigenvalue weighted by Gasteiger charge is 2.22. The van der Waals surface area contributed by atoms with Gasteiger partial charge in [-0.05, 0) is 41.3 Å². The lowest BCUT2D eigenvalue weighted by Crippen LogP contribution is -2.26. The first kappa shape index (κ1) is 16.8. The van der Waals surface area contributed by atoms with Gasteiger partial charge in [0.05, 0.1) is 10.6 Å². The monoisotopic (exact) mass is 337 g/mol. The fraction of sp³-hybridized carbons (Fsp3) is 0.294. The second kappa shape index (κ2) is 5.94. The Balaban J connectivity index is 2.38. The van der Waals surface area contributed by atoms with E-state index in [1.807, 2.05) is 12.1 Å². The summed E-state index contributed by atoms with van der Waals surface area (Å²) in [6.07, 6.45) is 0. The zero-order valence-electron chi connectivity index (χ0n) is 13.2. The third-order valence-corrected chi connectivity index (χ3v) is 5.59. The fourth-order valence-corrected chi connectivity index (χ4v) is 3.47. The number of halogens is 1. The van der Waals surface area contributed by atoms with E-state index in [9.17, 15) is 8.42 Å². The van der Waals surface area contributed by atoms with Crippen molar-refractivity contribution >= 4 is 27.3 Å². The van der Waals surface area contributed by atoms with Crippen molar-refractivity contribution in [2.45, 2.75) is 31.1 Å². The Morgan fingerprint density at radius 2 is 1.59 bits per heavy atom. The number of sulfonamides is 1. The van der Waals surface area contributed by atoms with Crippen LogP contribution >= 0.6 is 11.6 Å². The number of nitrogens with zero attached hydrogens (tertiary/aromatic N) is 1. The molecule has 0 spiro atoms. The SMILES string of the molecule is CN(c1cccc(Cl)c1)S(=O)(=O)c1ccc(C(C)(C)C)cc1. The van der Waals surface area contributed by atoms with E-state index in [4.69, 9.17) is 11.6 Å². The first-order chi connectivity index (χ1) is 10.1. The molecule has 0 atom stereocenters. The zero-order chi connectivity index (χ0) is 16.5. The van der Waals surface area contributed by atoms with Gasteiger partial charge < -0.3 is 0 Å². The number of benzene rings is 2. The Kier molecular flexibility index (Phi) is 4.54. The van der Waals surface area contributed by atoms with Crippen molar-refractivity contribution in [2.75, 3.05) is 11.4 Å². The molecule has 5 heteroatoms. The van der Waals surface area contributed by atoms with Gasteiger partial charge in [0.2, 0.25) is 0 Å². The molecule has 0 aromatic heterocycles. The normalized spacial score (nSPS) is 12.2. The number of hydrogen-bond donors (Lipinski definition) is 0. The predicted molar refractivity (Wildman–Crippen MR) is 92.2 cm³/mol. The summed E-state index contributed by atoms with van der Waals surface area (Å²) in [6, 6.07) is 13.8. The predicted octanol–water partition coefficient (Wildman–Crippen LogP) is 4.46. The average Bonchev–Trinajstić information content (AvgIpc) is 2.45. The third-order valence-electron chi connectivity index (χ3n) is 3.55. The molecule has 0 heterocycles. The quantitative estimate of drug-likeness (QED) is 0.829. The Morgan fingerprint density at radius 1 is 1.00 bits per heavy atom. The molecule has 118 valence electrons. The van der Waals surface area contributed by atoms with Crippen molar-refractivity contribution in [3.05, 3.63) is 59.1 Å². The smallest absolute Gasteiger partial charge is 0.264 e. The molecule has 2 rings (SSSR count). The highest BCUT2D eigenvalue weighted by Crippen LogP contribution is 2.27. The fourth-order valence-electron chi connectivity index (χ4n) is 2.10. The van der Waals surface area contributed by atoms with Gasteiger partial charge in [-0.25, -0.2) is 8.42 Å². The Bertz CT molecular complexity index is 762. The molecular formula is C17H20ClNO2S. The molecule has 0 unspecified atom stereocenters. The van der Waals surface area contributed by atoms with Gasteiger partial charge in [0.25, 0.3) is 10.0 Å². The molecular weight excluding hydrogens is 318 g/mol. The van der Waals surface area contributed by atoms with Crippen molar-refractivity contribution < 1.29 is 8.42 Å². The third kappa shape index (κ3) is 3.45. The summed E-state index contributed by atoms with van der Waals surface area (Å²) in [6.45, 7) is 6.28. The van der Waals surface area contributed by atoms with Crippen LogP contribution in [0.25, 0.3) is 0 Å². The first-order valence-corrected chi connectivity index (χ1v) is 8.79. The van der Waals surface area contributed by atoms with E-state index in [-0.39, 0.29) is 10.3 Å². The molecule has 0 saturated heterocycles. The minimum absolute atomic E-state index is 0.0127.